The average Bonchev–Trinajstić information content (AvgIpc) is 2.96. The zero-order valence-corrected chi connectivity index (χ0v) is 22.0. The predicted octanol–water partition coefficient (Wildman–Crippen LogP) is 5.46. The summed E-state index contributed by atoms with van der Waals surface area (Å²) in [5.74, 6) is -1.07. The molecule has 1 amide bonds. The topological polar surface area (TPSA) is 84.7 Å². The second kappa shape index (κ2) is 11.4. The van der Waals surface area contributed by atoms with Crippen molar-refractivity contribution in [2.45, 2.75) is 39.0 Å². The summed E-state index contributed by atoms with van der Waals surface area (Å²) in [6.07, 6.45) is 2.65. The quantitative estimate of drug-likeness (QED) is 0.333. The Labute approximate surface area is 227 Å². The highest BCUT2D eigenvalue weighted by molar-refractivity contribution is 5.96. The van der Waals surface area contributed by atoms with Gasteiger partial charge >= 0.3 is 11.6 Å². The number of amides is 1. The molecular formula is C32H31N3O4. The van der Waals surface area contributed by atoms with E-state index >= 15 is 0 Å². The van der Waals surface area contributed by atoms with Crippen LogP contribution in [0.25, 0.3) is 5.57 Å². The maximum Gasteiger partial charge on any atom is 0.318 e. The molecule has 0 aliphatic carbocycles. The highest BCUT2D eigenvalue weighted by Crippen LogP contribution is 2.34. The second-order valence-electron chi connectivity index (χ2n) is 9.83. The standard InChI is InChI=1S/C32H31N3O4/c1-22(2)34-20-26(18-19-27(24-14-8-4-9-15-24)25-16-10-5-11-17-25)35-28(31(34)38)29(36)30(37)33-32(35)39-21-23-12-6-3-7-13-23/h3-17,19,22,26,36H,18,20-21H2,1-2H3/t26-/m0/s1. The Hall–Kier alpha value is -4.65. The number of aromatic hydroxyl groups is 1. The lowest BCUT2D eigenvalue weighted by molar-refractivity contribution is 0.0580. The third kappa shape index (κ3) is 5.48. The van der Waals surface area contributed by atoms with Crippen LogP contribution in [-0.4, -0.2) is 38.1 Å². The molecule has 39 heavy (non-hydrogen) atoms. The number of hydrogen-bond acceptors (Lipinski definition) is 5. The van der Waals surface area contributed by atoms with Crippen molar-refractivity contribution >= 4 is 11.5 Å². The lowest BCUT2D eigenvalue weighted by Gasteiger charge is -2.38. The first-order chi connectivity index (χ1) is 18.9. The van der Waals surface area contributed by atoms with Crippen LogP contribution in [0.15, 0.2) is 102 Å². The van der Waals surface area contributed by atoms with Crippen LogP contribution in [0.1, 0.15) is 53.5 Å². The molecule has 1 aliphatic rings. The number of hydrogen-bond donors (Lipinski definition) is 1. The van der Waals surface area contributed by atoms with Crippen LogP contribution in [0.5, 0.6) is 11.8 Å². The molecule has 198 valence electrons. The molecule has 1 N–H and O–H groups in total. The van der Waals surface area contributed by atoms with Gasteiger partial charge in [-0.25, -0.2) is 0 Å². The van der Waals surface area contributed by atoms with E-state index in [1.807, 2.05) is 80.6 Å². The Morgan fingerprint density at radius 1 is 0.949 bits per heavy atom. The van der Waals surface area contributed by atoms with E-state index in [4.69, 9.17) is 4.74 Å². The second-order valence-corrected chi connectivity index (χ2v) is 9.83. The van der Waals surface area contributed by atoms with E-state index in [-0.39, 0.29) is 30.4 Å². The van der Waals surface area contributed by atoms with Gasteiger partial charge in [-0.15, -0.1) is 0 Å². The van der Waals surface area contributed by atoms with E-state index in [9.17, 15) is 14.7 Å². The number of nitrogens with zero attached hydrogens (tertiary/aromatic N) is 3. The largest absolute Gasteiger partial charge is 0.501 e. The first kappa shape index (κ1) is 26.0. The Morgan fingerprint density at radius 3 is 2.08 bits per heavy atom. The number of benzene rings is 3. The van der Waals surface area contributed by atoms with Crippen LogP contribution in [0.3, 0.4) is 0 Å². The first-order valence-electron chi connectivity index (χ1n) is 13.1. The highest BCUT2D eigenvalue weighted by Gasteiger charge is 2.37. The zero-order valence-electron chi connectivity index (χ0n) is 22.0. The number of carbonyl (C=O) groups excluding carboxylic acids is 1. The van der Waals surface area contributed by atoms with Crippen LogP contribution in [0.4, 0.5) is 0 Å². The van der Waals surface area contributed by atoms with Crippen molar-refractivity contribution in [2.24, 2.45) is 0 Å². The molecule has 7 nitrogen and oxygen atoms in total. The third-order valence-corrected chi connectivity index (χ3v) is 6.90. The molecular weight excluding hydrogens is 490 g/mol. The van der Waals surface area contributed by atoms with E-state index in [1.54, 1.807) is 9.47 Å². The minimum atomic E-state index is -0.883. The van der Waals surface area contributed by atoms with Crippen molar-refractivity contribution in [1.82, 2.24) is 14.5 Å². The summed E-state index contributed by atoms with van der Waals surface area (Å²) >= 11 is 0. The molecule has 7 heteroatoms. The van der Waals surface area contributed by atoms with Crippen molar-refractivity contribution in [3.05, 3.63) is 130 Å². The molecule has 0 saturated carbocycles. The fourth-order valence-corrected chi connectivity index (χ4v) is 4.92. The third-order valence-electron chi connectivity index (χ3n) is 6.90. The molecule has 4 aromatic rings. The van der Waals surface area contributed by atoms with Gasteiger partial charge in [-0.2, -0.15) is 4.98 Å². The van der Waals surface area contributed by atoms with Crippen LogP contribution in [0.2, 0.25) is 0 Å². The van der Waals surface area contributed by atoms with E-state index in [1.165, 1.54) is 0 Å². The maximum absolute atomic E-state index is 13.5. The Bertz CT molecular complexity index is 1490. The molecule has 0 spiro atoms. The van der Waals surface area contributed by atoms with Gasteiger partial charge in [0.2, 0.25) is 5.75 Å². The lowest BCUT2D eigenvalue weighted by atomic mass is 9.95. The average molecular weight is 522 g/mol. The van der Waals surface area contributed by atoms with Crippen LogP contribution in [-0.2, 0) is 6.61 Å². The Morgan fingerprint density at radius 2 is 1.51 bits per heavy atom. The Balaban J connectivity index is 1.60. The van der Waals surface area contributed by atoms with E-state index < -0.39 is 17.2 Å². The van der Waals surface area contributed by atoms with Gasteiger partial charge in [-0.3, -0.25) is 14.2 Å². The van der Waals surface area contributed by atoms with Gasteiger partial charge in [0.1, 0.15) is 6.61 Å². The molecule has 0 fully saturated rings. The molecule has 0 radical (unpaired) electrons. The zero-order chi connectivity index (χ0) is 27.4. The SMILES string of the molecule is CC(C)N1C[C@H](CC=C(c2ccccc2)c2ccccc2)n2c(OCc3ccccc3)nc(=O)c(O)c2C1=O. The van der Waals surface area contributed by atoms with Gasteiger partial charge in [0, 0.05) is 12.6 Å². The molecule has 0 bridgehead atoms. The first-order valence-corrected chi connectivity index (χ1v) is 13.1. The molecule has 1 atom stereocenters. The van der Waals surface area contributed by atoms with Crippen LogP contribution < -0.4 is 10.3 Å². The fourth-order valence-electron chi connectivity index (χ4n) is 4.92. The van der Waals surface area contributed by atoms with Crippen molar-refractivity contribution in [1.29, 1.82) is 0 Å². The van der Waals surface area contributed by atoms with Crippen LogP contribution in [0, 0.1) is 0 Å². The fraction of sp³-hybridized carbons (Fsp3) is 0.219. The molecule has 0 saturated heterocycles. The van der Waals surface area contributed by atoms with E-state index in [0.29, 0.717) is 13.0 Å². The van der Waals surface area contributed by atoms with Gasteiger partial charge in [0.05, 0.1) is 6.04 Å². The maximum atomic E-state index is 13.5. The van der Waals surface area contributed by atoms with Gasteiger partial charge in [0.15, 0.2) is 5.69 Å². The number of ether oxygens (including phenoxy) is 1. The van der Waals surface area contributed by atoms with Gasteiger partial charge < -0.3 is 14.7 Å². The summed E-state index contributed by atoms with van der Waals surface area (Å²) in [7, 11) is 0. The highest BCUT2D eigenvalue weighted by atomic mass is 16.5. The molecule has 5 rings (SSSR count). The molecule has 3 aromatic carbocycles. The number of aromatic nitrogens is 2. The minimum absolute atomic E-state index is 0.0211. The normalized spacial score (nSPS) is 14.7. The summed E-state index contributed by atoms with van der Waals surface area (Å²) in [6.45, 7) is 4.38. The molecule has 0 unspecified atom stereocenters. The van der Waals surface area contributed by atoms with Crippen LogP contribution >= 0.6 is 0 Å². The smallest absolute Gasteiger partial charge is 0.318 e. The summed E-state index contributed by atoms with van der Waals surface area (Å²) in [6, 6.07) is 29.3. The molecule has 2 heterocycles. The number of carbonyl (C=O) groups is 1. The van der Waals surface area contributed by atoms with Crippen molar-refractivity contribution in [2.75, 3.05) is 6.54 Å². The number of fused-ring (bicyclic) bond motifs is 1. The van der Waals surface area contributed by atoms with Gasteiger partial charge in [-0.1, -0.05) is 97.1 Å². The van der Waals surface area contributed by atoms with E-state index in [0.717, 1.165) is 22.3 Å². The lowest BCUT2D eigenvalue weighted by Crippen LogP contribution is -2.48. The van der Waals surface area contributed by atoms with Gasteiger partial charge in [0.25, 0.3) is 5.91 Å². The summed E-state index contributed by atoms with van der Waals surface area (Å²) in [4.78, 5) is 31.9. The Kier molecular flexibility index (Phi) is 7.59. The van der Waals surface area contributed by atoms with Crippen molar-refractivity contribution in [3.8, 4) is 11.8 Å². The molecule has 1 aliphatic heterocycles. The summed E-state index contributed by atoms with van der Waals surface area (Å²) < 4.78 is 7.63. The van der Waals surface area contributed by atoms with Crippen molar-refractivity contribution < 1.29 is 14.6 Å². The summed E-state index contributed by atoms with van der Waals surface area (Å²) in [5, 5.41) is 10.8. The van der Waals surface area contributed by atoms with Crippen molar-refractivity contribution in [3.63, 3.8) is 0 Å². The van der Waals surface area contributed by atoms with E-state index in [2.05, 4.69) is 35.3 Å². The van der Waals surface area contributed by atoms with Gasteiger partial charge in [-0.05, 0) is 42.5 Å². The number of rotatable bonds is 8. The predicted molar refractivity (Wildman–Crippen MR) is 151 cm³/mol. The minimum Gasteiger partial charge on any atom is -0.501 e. The monoisotopic (exact) mass is 521 g/mol. The number of allylic oxidation sites excluding steroid dienone is 1. The molecule has 1 aromatic heterocycles. The summed E-state index contributed by atoms with van der Waals surface area (Å²) in [5.41, 5.74) is 3.11.